The molecule has 0 spiro atoms. The predicted octanol–water partition coefficient (Wildman–Crippen LogP) is -0.653. The summed E-state index contributed by atoms with van der Waals surface area (Å²) in [5.41, 5.74) is 0. The first-order valence-electron chi connectivity index (χ1n) is 9.43. The van der Waals surface area contributed by atoms with Gasteiger partial charge in [0.1, 0.15) is 0 Å². The predicted molar refractivity (Wildman–Crippen MR) is 106 cm³/mol. The maximum absolute atomic E-state index is 12.4. The maximum atomic E-state index is 12.4. The van der Waals surface area contributed by atoms with Gasteiger partial charge in [-0.15, -0.1) is 0 Å². The van der Waals surface area contributed by atoms with Gasteiger partial charge in [-0.05, 0) is 6.42 Å². The lowest BCUT2D eigenvalue weighted by atomic mass is 10.2. The van der Waals surface area contributed by atoms with Crippen molar-refractivity contribution < 1.29 is 13.2 Å². The first-order chi connectivity index (χ1) is 12.6. The van der Waals surface area contributed by atoms with Gasteiger partial charge in [-0.25, -0.2) is 12.7 Å². The molecular weight excluding hydrogens is 374 g/mol. The number of hydrogen-bond donors (Lipinski definition) is 1. The van der Waals surface area contributed by atoms with Gasteiger partial charge in [0.25, 0.3) is 0 Å². The van der Waals surface area contributed by atoms with Gasteiger partial charge in [-0.2, -0.15) is 11.8 Å². The molecule has 1 N–H and O–H groups in total. The second kappa shape index (κ2) is 9.59. The van der Waals surface area contributed by atoms with Gasteiger partial charge in [-0.1, -0.05) is 0 Å². The van der Waals surface area contributed by atoms with Gasteiger partial charge < -0.3 is 15.0 Å². The fourth-order valence-corrected chi connectivity index (χ4v) is 6.24. The van der Waals surface area contributed by atoms with E-state index in [1.54, 1.807) is 11.4 Å². The van der Waals surface area contributed by atoms with Gasteiger partial charge in [0.2, 0.25) is 10.0 Å². The summed E-state index contributed by atoms with van der Waals surface area (Å²) in [6, 6.07) is 0.534. The van der Waals surface area contributed by atoms with Crippen LogP contribution in [0.25, 0.3) is 0 Å². The number of thioether (sulfide) groups is 1. The molecule has 0 saturated carbocycles. The highest BCUT2D eigenvalue weighted by Crippen LogP contribution is 2.17. The van der Waals surface area contributed by atoms with Crippen molar-refractivity contribution in [3.05, 3.63) is 0 Å². The molecule has 0 bridgehead atoms. The molecule has 0 aliphatic carbocycles. The molecule has 26 heavy (non-hydrogen) atoms. The van der Waals surface area contributed by atoms with Crippen LogP contribution in [0.1, 0.15) is 6.42 Å². The molecule has 3 rings (SSSR count). The second-order valence-electron chi connectivity index (χ2n) is 6.84. The molecule has 0 aromatic heterocycles. The average Bonchev–Trinajstić information content (AvgIpc) is 3.16. The van der Waals surface area contributed by atoms with E-state index < -0.39 is 10.0 Å². The molecule has 0 amide bonds. The molecular formula is C16H31N5O3S2. The molecule has 3 saturated heterocycles. The number of rotatable bonds is 5. The molecule has 3 aliphatic rings. The lowest BCUT2D eigenvalue weighted by Gasteiger charge is -2.32. The Morgan fingerprint density at radius 3 is 2.62 bits per heavy atom. The average molecular weight is 406 g/mol. The third-order valence-corrected chi connectivity index (χ3v) is 8.06. The Morgan fingerprint density at radius 1 is 1.19 bits per heavy atom. The van der Waals surface area contributed by atoms with Gasteiger partial charge in [-0.3, -0.25) is 9.89 Å². The molecule has 150 valence electrons. The molecule has 3 aliphatic heterocycles. The van der Waals surface area contributed by atoms with Crippen LogP contribution in [0, 0.1) is 0 Å². The Bertz CT molecular complexity index is 574. The number of morpholine rings is 1. The maximum Gasteiger partial charge on any atom is 0.215 e. The Labute approximate surface area is 161 Å². The zero-order valence-corrected chi connectivity index (χ0v) is 17.2. The number of nitrogens with one attached hydrogen (secondary N) is 1. The topological polar surface area (TPSA) is 77.5 Å². The van der Waals surface area contributed by atoms with E-state index in [1.165, 1.54) is 0 Å². The van der Waals surface area contributed by atoms with Crippen molar-refractivity contribution in [1.29, 1.82) is 0 Å². The summed E-state index contributed by atoms with van der Waals surface area (Å²) in [7, 11) is -1.41. The van der Waals surface area contributed by atoms with E-state index in [4.69, 9.17) is 4.74 Å². The lowest BCUT2D eigenvalue weighted by Crippen LogP contribution is -2.47. The summed E-state index contributed by atoms with van der Waals surface area (Å²) in [6.45, 7) is 7.19. The lowest BCUT2D eigenvalue weighted by molar-refractivity contribution is 0.0195. The molecule has 0 aromatic carbocycles. The van der Waals surface area contributed by atoms with Crippen LogP contribution in [0.15, 0.2) is 4.99 Å². The summed E-state index contributed by atoms with van der Waals surface area (Å²) in [5, 5.41) is 3.25. The third kappa shape index (κ3) is 5.25. The minimum absolute atomic E-state index is 0.122. The van der Waals surface area contributed by atoms with E-state index in [0.717, 1.165) is 63.3 Å². The highest BCUT2D eigenvalue weighted by molar-refractivity contribution is 7.99. The zero-order valence-electron chi connectivity index (χ0n) is 15.6. The smallest absolute Gasteiger partial charge is 0.215 e. The van der Waals surface area contributed by atoms with Gasteiger partial charge in [0.15, 0.2) is 5.96 Å². The Balaban J connectivity index is 1.44. The van der Waals surface area contributed by atoms with Crippen LogP contribution in [0.5, 0.6) is 0 Å². The summed E-state index contributed by atoms with van der Waals surface area (Å²) in [4.78, 5) is 9.09. The summed E-state index contributed by atoms with van der Waals surface area (Å²) in [6.07, 6.45) is 1.12. The summed E-state index contributed by atoms with van der Waals surface area (Å²) >= 11 is 1.82. The van der Waals surface area contributed by atoms with Crippen LogP contribution in [0.3, 0.4) is 0 Å². The van der Waals surface area contributed by atoms with E-state index >= 15 is 0 Å². The Kier molecular flexibility index (Phi) is 7.44. The first kappa shape index (κ1) is 20.2. The van der Waals surface area contributed by atoms with Gasteiger partial charge >= 0.3 is 0 Å². The van der Waals surface area contributed by atoms with E-state index in [-0.39, 0.29) is 5.75 Å². The van der Waals surface area contributed by atoms with Crippen molar-refractivity contribution in [2.75, 3.05) is 83.3 Å². The molecule has 10 heteroatoms. The number of ether oxygens (including phenoxy) is 1. The number of sulfonamides is 1. The van der Waals surface area contributed by atoms with Crippen molar-refractivity contribution >= 4 is 27.7 Å². The van der Waals surface area contributed by atoms with Crippen LogP contribution < -0.4 is 5.32 Å². The Hall–Kier alpha value is -0.550. The highest BCUT2D eigenvalue weighted by atomic mass is 32.2. The van der Waals surface area contributed by atoms with Crippen molar-refractivity contribution in [2.24, 2.45) is 4.99 Å². The van der Waals surface area contributed by atoms with Crippen LogP contribution in [-0.4, -0.2) is 118 Å². The minimum atomic E-state index is -3.18. The quantitative estimate of drug-likeness (QED) is 0.481. The van der Waals surface area contributed by atoms with Crippen molar-refractivity contribution in [2.45, 2.75) is 12.5 Å². The SMILES string of the molecule is CN=C(NCCS(=O)(=O)N1CCSCC1)N1CCC(N2CCOCC2)C1. The van der Waals surface area contributed by atoms with Crippen LogP contribution in [0.2, 0.25) is 0 Å². The largest absolute Gasteiger partial charge is 0.379 e. The third-order valence-electron chi connectivity index (χ3n) is 5.24. The van der Waals surface area contributed by atoms with E-state index in [0.29, 0.717) is 25.7 Å². The molecule has 0 radical (unpaired) electrons. The van der Waals surface area contributed by atoms with Crippen LogP contribution >= 0.6 is 11.8 Å². The van der Waals surface area contributed by atoms with Crippen LogP contribution in [0.4, 0.5) is 0 Å². The van der Waals surface area contributed by atoms with E-state index in [2.05, 4.69) is 20.1 Å². The molecule has 1 unspecified atom stereocenters. The summed E-state index contributed by atoms with van der Waals surface area (Å²) in [5.74, 6) is 2.72. The van der Waals surface area contributed by atoms with Crippen molar-refractivity contribution in [1.82, 2.24) is 19.4 Å². The first-order valence-corrected chi connectivity index (χ1v) is 12.2. The fraction of sp³-hybridized carbons (Fsp3) is 0.938. The van der Waals surface area contributed by atoms with Crippen LogP contribution in [-0.2, 0) is 14.8 Å². The summed E-state index contributed by atoms with van der Waals surface area (Å²) < 4.78 is 31.9. The normalized spacial score (nSPS) is 27.0. The standard InChI is InChI=1S/C16H31N5O3S2/c1-17-16(18-3-13-26(22,23)21-7-11-25-12-8-21)20-4-2-15(14-20)19-5-9-24-10-6-19/h15H,2-14H2,1H3,(H,17,18). The van der Waals surface area contributed by atoms with Gasteiger partial charge in [0, 0.05) is 70.4 Å². The van der Waals surface area contributed by atoms with Crippen molar-refractivity contribution in [3.63, 3.8) is 0 Å². The molecule has 3 fully saturated rings. The van der Waals surface area contributed by atoms with E-state index in [9.17, 15) is 8.42 Å². The molecule has 1 atom stereocenters. The minimum Gasteiger partial charge on any atom is -0.379 e. The molecule has 0 aromatic rings. The highest BCUT2D eigenvalue weighted by Gasteiger charge is 2.30. The number of guanidine groups is 1. The monoisotopic (exact) mass is 405 g/mol. The number of aliphatic imine (C=N–C) groups is 1. The Morgan fingerprint density at radius 2 is 1.92 bits per heavy atom. The van der Waals surface area contributed by atoms with Crippen molar-refractivity contribution in [3.8, 4) is 0 Å². The fourth-order valence-electron chi connectivity index (χ4n) is 3.75. The molecule has 8 nitrogen and oxygen atoms in total. The van der Waals surface area contributed by atoms with E-state index in [1.807, 2.05) is 11.8 Å². The molecule has 3 heterocycles. The zero-order chi connectivity index (χ0) is 18.4. The number of likely N-dealkylation sites (tertiary alicyclic amines) is 1. The number of hydrogen-bond acceptors (Lipinski definition) is 6. The second-order valence-corrected chi connectivity index (χ2v) is 10.2. The van der Waals surface area contributed by atoms with Gasteiger partial charge in [0.05, 0.1) is 19.0 Å². The number of nitrogens with zero attached hydrogens (tertiary/aromatic N) is 4.